The van der Waals surface area contributed by atoms with Gasteiger partial charge in [0.15, 0.2) is 5.65 Å². The smallest absolute Gasteiger partial charge is 0.337 e. The minimum atomic E-state index is -3.94. The van der Waals surface area contributed by atoms with Gasteiger partial charge in [0.1, 0.15) is 22.8 Å². The molecule has 1 atom stereocenters. The second-order valence-electron chi connectivity index (χ2n) is 6.74. The van der Waals surface area contributed by atoms with E-state index in [2.05, 4.69) is 24.8 Å². The number of methoxy groups -OCH3 is 2. The van der Waals surface area contributed by atoms with E-state index >= 15 is 0 Å². The van der Waals surface area contributed by atoms with Gasteiger partial charge in [-0.2, -0.15) is 4.52 Å². The van der Waals surface area contributed by atoms with Gasteiger partial charge in [-0.1, -0.05) is 0 Å². The summed E-state index contributed by atoms with van der Waals surface area (Å²) >= 11 is 0. The zero-order chi connectivity index (χ0) is 21.3. The third-order valence-electron chi connectivity index (χ3n) is 4.86. The fourth-order valence-electron chi connectivity index (χ4n) is 3.37. The molecular weight excluding hydrogens is 412 g/mol. The second-order valence-corrected chi connectivity index (χ2v) is 8.42. The number of carbonyl (C=O) groups is 1. The van der Waals surface area contributed by atoms with Crippen LogP contribution >= 0.6 is 0 Å². The maximum absolute atomic E-state index is 13.0. The average Bonchev–Trinajstić information content (AvgIpc) is 3.41. The average molecular weight is 432 g/mol. The van der Waals surface area contributed by atoms with E-state index in [1.54, 1.807) is 10.6 Å². The predicted molar refractivity (Wildman–Crippen MR) is 106 cm³/mol. The lowest BCUT2D eigenvalue weighted by Gasteiger charge is -2.18. The molecule has 30 heavy (non-hydrogen) atoms. The van der Waals surface area contributed by atoms with Crippen LogP contribution in [0.3, 0.4) is 0 Å². The van der Waals surface area contributed by atoms with E-state index in [9.17, 15) is 13.2 Å². The summed E-state index contributed by atoms with van der Waals surface area (Å²) in [6.45, 7) is 1.08. The Morgan fingerprint density at radius 2 is 2.07 bits per heavy atom. The third-order valence-corrected chi connectivity index (χ3v) is 6.40. The van der Waals surface area contributed by atoms with Crippen molar-refractivity contribution in [2.24, 2.45) is 0 Å². The van der Waals surface area contributed by atoms with Crippen LogP contribution in [0.25, 0.3) is 5.65 Å². The molecule has 1 fully saturated rings. The standard InChI is InChI=1S/C18H20N6O5S/c1-28-14-4-3-12(18(25)29-2)9-15(14)30(26,27)22-13-7-8-23(10-13)17-6-5-16-20-19-11-24(16)21-17/h3-6,9,11,13,22H,7-8,10H2,1-2H3/t13-/m1/s1. The fourth-order valence-corrected chi connectivity index (χ4v) is 4.82. The summed E-state index contributed by atoms with van der Waals surface area (Å²) in [4.78, 5) is 13.7. The normalized spacial score (nSPS) is 16.7. The first-order valence-electron chi connectivity index (χ1n) is 9.12. The van der Waals surface area contributed by atoms with Gasteiger partial charge < -0.3 is 14.4 Å². The fraction of sp³-hybridized carbons (Fsp3) is 0.333. The highest BCUT2D eigenvalue weighted by Gasteiger charge is 2.30. The van der Waals surface area contributed by atoms with Crippen LogP contribution < -0.4 is 14.4 Å². The Kier molecular flexibility index (Phi) is 5.26. The number of aromatic nitrogens is 4. The SMILES string of the molecule is COC(=O)c1ccc(OC)c(S(=O)(=O)N[C@@H]2CCN(c3ccc4nncn4n3)C2)c1. The summed E-state index contributed by atoms with van der Waals surface area (Å²) in [6.07, 6.45) is 2.11. The zero-order valence-electron chi connectivity index (χ0n) is 16.3. The number of ether oxygens (including phenoxy) is 2. The molecule has 1 aliphatic heterocycles. The predicted octanol–water partition coefficient (Wildman–Crippen LogP) is 0.477. The molecule has 1 saturated heterocycles. The number of nitrogens with one attached hydrogen (secondary N) is 1. The van der Waals surface area contributed by atoms with Gasteiger partial charge in [0.05, 0.1) is 19.8 Å². The quantitative estimate of drug-likeness (QED) is 0.553. The summed E-state index contributed by atoms with van der Waals surface area (Å²) in [6, 6.07) is 7.43. The highest BCUT2D eigenvalue weighted by Crippen LogP contribution is 2.27. The number of nitrogens with zero attached hydrogens (tertiary/aromatic N) is 5. The number of sulfonamides is 1. The topological polar surface area (TPSA) is 128 Å². The molecule has 0 aliphatic carbocycles. The first kappa shape index (κ1) is 20.0. The summed E-state index contributed by atoms with van der Waals surface area (Å²) < 4.78 is 40.2. The molecule has 2 aromatic heterocycles. The number of fused-ring (bicyclic) bond motifs is 1. The molecule has 0 spiro atoms. The molecule has 12 heteroatoms. The number of anilines is 1. The number of hydrogen-bond donors (Lipinski definition) is 1. The second kappa shape index (κ2) is 7.88. The van der Waals surface area contributed by atoms with E-state index < -0.39 is 16.0 Å². The van der Waals surface area contributed by atoms with Crippen LogP contribution in [0.1, 0.15) is 16.8 Å². The number of esters is 1. The Morgan fingerprint density at radius 3 is 2.83 bits per heavy atom. The van der Waals surface area contributed by atoms with Gasteiger partial charge in [-0.3, -0.25) is 0 Å². The maximum Gasteiger partial charge on any atom is 0.337 e. The van der Waals surface area contributed by atoms with Crippen molar-refractivity contribution in [3.8, 4) is 5.75 Å². The van der Waals surface area contributed by atoms with Crippen molar-refractivity contribution in [2.45, 2.75) is 17.4 Å². The van der Waals surface area contributed by atoms with Crippen LogP contribution in [-0.4, -0.2) is 67.5 Å². The summed E-state index contributed by atoms with van der Waals surface area (Å²) in [5.74, 6) is 0.218. The molecule has 11 nitrogen and oxygen atoms in total. The van der Waals surface area contributed by atoms with Crippen molar-refractivity contribution in [3.05, 3.63) is 42.2 Å². The first-order valence-corrected chi connectivity index (χ1v) is 10.6. The van der Waals surface area contributed by atoms with E-state index in [1.165, 1.54) is 38.7 Å². The molecular formula is C18H20N6O5S. The lowest BCUT2D eigenvalue weighted by Crippen LogP contribution is -2.37. The summed E-state index contributed by atoms with van der Waals surface area (Å²) in [7, 11) is -1.33. The molecule has 158 valence electrons. The van der Waals surface area contributed by atoms with Crippen molar-refractivity contribution >= 4 is 27.5 Å². The molecule has 1 N–H and O–H groups in total. The number of rotatable bonds is 6. The Labute approximate surface area is 172 Å². The van der Waals surface area contributed by atoms with Gasteiger partial charge in [0, 0.05) is 19.1 Å². The van der Waals surface area contributed by atoms with E-state index in [-0.39, 0.29) is 22.3 Å². The molecule has 0 bridgehead atoms. The van der Waals surface area contributed by atoms with Gasteiger partial charge >= 0.3 is 5.97 Å². The molecule has 3 heterocycles. The third kappa shape index (κ3) is 3.78. The van der Waals surface area contributed by atoms with Crippen LogP contribution in [0.4, 0.5) is 5.82 Å². The molecule has 0 amide bonds. The Hall–Kier alpha value is -3.25. The molecule has 3 aromatic rings. The number of hydrogen-bond acceptors (Lipinski definition) is 9. The molecule has 4 rings (SSSR count). The summed E-state index contributed by atoms with van der Waals surface area (Å²) in [5.41, 5.74) is 0.756. The molecule has 0 unspecified atom stereocenters. The number of carbonyl (C=O) groups excluding carboxylic acids is 1. The van der Waals surface area contributed by atoms with Gasteiger partial charge in [-0.05, 0) is 36.8 Å². The Balaban J connectivity index is 1.53. The Bertz CT molecular complexity index is 1190. The zero-order valence-corrected chi connectivity index (χ0v) is 17.2. The highest BCUT2D eigenvalue weighted by atomic mass is 32.2. The van der Waals surface area contributed by atoms with Crippen LogP contribution in [0.5, 0.6) is 5.75 Å². The maximum atomic E-state index is 13.0. The lowest BCUT2D eigenvalue weighted by atomic mass is 10.2. The largest absolute Gasteiger partial charge is 0.495 e. The molecule has 0 radical (unpaired) electrons. The molecule has 1 aromatic carbocycles. The molecule has 0 saturated carbocycles. The van der Waals surface area contributed by atoms with E-state index in [4.69, 9.17) is 4.74 Å². The van der Waals surface area contributed by atoms with Gasteiger partial charge in [0.25, 0.3) is 0 Å². The van der Waals surface area contributed by atoms with Crippen molar-refractivity contribution in [3.63, 3.8) is 0 Å². The van der Waals surface area contributed by atoms with Gasteiger partial charge in [-0.15, -0.1) is 15.3 Å². The monoisotopic (exact) mass is 432 g/mol. The van der Waals surface area contributed by atoms with Gasteiger partial charge in [-0.25, -0.2) is 17.9 Å². The van der Waals surface area contributed by atoms with Crippen molar-refractivity contribution in [2.75, 3.05) is 32.2 Å². The highest BCUT2D eigenvalue weighted by molar-refractivity contribution is 7.89. The van der Waals surface area contributed by atoms with E-state index in [1.807, 2.05) is 11.0 Å². The summed E-state index contributed by atoms with van der Waals surface area (Å²) in [5, 5.41) is 12.2. The van der Waals surface area contributed by atoms with Crippen molar-refractivity contribution < 1.29 is 22.7 Å². The lowest BCUT2D eigenvalue weighted by molar-refractivity contribution is 0.0600. The van der Waals surface area contributed by atoms with Crippen molar-refractivity contribution in [1.29, 1.82) is 0 Å². The molecule has 1 aliphatic rings. The van der Waals surface area contributed by atoms with Crippen molar-refractivity contribution in [1.82, 2.24) is 24.5 Å². The minimum Gasteiger partial charge on any atom is -0.495 e. The van der Waals surface area contributed by atoms with E-state index in [0.29, 0.717) is 31.0 Å². The van der Waals surface area contributed by atoms with Crippen LogP contribution in [0.2, 0.25) is 0 Å². The number of benzene rings is 1. The van der Waals surface area contributed by atoms with Crippen LogP contribution in [0, 0.1) is 0 Å². The minimum absolute atomic E-state index is 0.115. The van der Waals surface area contributed by atoms with Crippen LogP contribution in [0.15, 0.2) is 41.6 Å². The van der Waals surface area contributed by atoms with E-state index in [0.717, 1.165) is 0 Å². The van der Waals surface area contributed by atoms with Crippen LogP contribution in [-0.2, 0) is 14.8 Å². The first-order chi connectivity index (χ1) is 14.4. The van der Waals surface area contributed by atoms with Gasteiger partial charge in [0.2, 0.25) is 10.0 Å². The Morgan fingerprint density at radius 1 is 1.23 bits per heavy atom.